The summed E-state index contributed by atoms with van der Waals surface area (Å²) in [5, 5.41) is 0. The maximum absolute atomic E-state index is 3.90. The molecule has 0 aliphatic heterocycles. The molecule has 2 radical (unpaired) electrons. The van der Waals surface area contributed by atoms with Crippen molar-refractivity contribution in [3.63, 3.8) is 0 Å². The second-order valence-corrected chi connectivity index (χ2v) is 4.35. The average Bonchev–Trinajstić information content (AvgIpc) is 2.39. The standard InChI is InChI=1S/C16H19N.CH4.2Y/c1-3-17-12-10-16(11-13-17)9-8-15-6-4-14(2)5-7-15;;;/h4-7,10-13H,2-3,8-9H2,1H3;1H4;;. The predicted octanol–water partition coefficient (Wildman–Crippen LogP) is 3.59. The van der Waals surface area contributed by atoms with Gasteiger partial charge in [-0.15, -0.1) is 12.1 Å². The molecule has 0 aliphatic rings. The van der Waals surface area contributed by atoms with E-state index in [1.54, 1.807) is 0 Å². The van der Waals surface area contributed by atoms with Crippen LogP contribution in [-0.4, -0.2) is 0 Å². The van der Waals surface area contributed by atoms with E-state index in [1.165, 1.54) is 11.1 Å². The molecule has 0 atom stereocenters. The van der Waals surface area contributed by atoms with Crippen LogP contribution < -0.4 is 4.57 Å². The monoisotopic (exact) mass is 419 g/mol. The Bertz CT molecular complexity index is 463. The summed E-state index contributed by atoms with van der Waals surface area (Å²) in [5.41, 5.74) is 3.86. The number of aryl methyl sites for hydroxylation is 3. The molecule has 0 fully saturated rings. The van der Waals surface area contributed by atoms with Crippen LogP contribution in [0.5, 0.6) is 0 Å². The van der Waals surface area contributed by atoms with Gasteiger partial charge >= 0.3 is 0 Å². The Morgan fingerprint density at radius 3 is 1.75 bits per heavy atom. The maximum Gasteiger partial charge on any atom is 0.169 e. The molecular formula is C17H23NY2. The number of nitrogens with zero attached hydrogens (tertiary/aromatic N) is 1. The van der Waals surface area contributed by atoms with E-state index < -0.39 is 0 Å². The van der Waals surface area contributed by atoms with Crippen LogP contribution in [0.15, 0.2) is 48.8 Å². The molecule has 0 aliphatic carbocycles. The van der Waals surface area contributed by atoms with Gasteiger partial charge in [-0.2, -0.15) is 24.6 Å². The zero-order valence-electron chi connectivity index (χ0n) is 11.5. The minimum atomic E-state index is 0. The van der Waals surface area contributed by atoms with Crippen molar-refractivity contribution in [3.8, 4) is 0 Å². The normalized spacial score (nSPS) is 8.85. The first-order chi connectivity index (χ1) is 8.28. The van der Waals surface area contributed by atoms with Crippen LogP contribution in [0.25, 0.3) is 0 Å². The van der Waals surface area contributed by atoms with Crippen molar-refractivity contribution in [2.24, 2.45) is 0 Å². The molecule has 0 saturated carbocycles. The van der Waals surface area contributed by atoms with Crippen molar-refractivity contribution >= 4 is 0 Å². The molecular weight excluding hydrogens is 396 g/mol. The molecule has 2 aromatic rings. The first-order valence-corrected chi connectivity index (χ1v) is 6.17. The van der Waals surface area contributed by atoms with Crippen LogP contribution in [0.2, 0.25) is 0 Å². The van der Waals surface area contributed by atoms with Gasteiger partial charge in [-0.1, -0.05) is 13.0 Å². The van der Waals surface area contributed by atoms with E-state index in [1.807, 2.05) is 0 Å². The zero-order valence-corrected chi connectivity index (χ0v) is 17.2. The number of rotatable bonds is 4. The van der Waals surface area contributed by atoms with Crippen molar-refractivity contribution in [2.75, 3.05) is 0 Å². The number of benzene rings is 1. The zero-order chi connectivity index (χ0) is 12.1. The van der Waals surface area contributed by atoms with Crippen LogP contribution in [0.3, 0.4) is 0 Å². The maximum atomic E-state index is 3.90. The minimum Gasteiger partial charge on any atom is -0.205 e. The number of pyridine rings is 1. The van der Waals surface area contributed by atoms with Gasteiger partial charge in [0.2, 0.25) is 0 Å². The quantitative estimate of drug-likeness (QED) is 0.527. The molecule has 20 heavy (non-hydrogen) atoms. The van der Waals surface area contributed by atoms with Crippen molar-refractivity contribution in [1.82, 2.24) is 0 Å². The van der Waals surface area contributed by atoms with E-state index in [4.69, 9.17) is 0 Å². The Kier molecular flexibility index (Phi) is 13.7. The summed E-state index contributed by atoms with van der Waals surface area (Å²) in [6, 6.07) is 12.9. The second-order valence-electron chi connectivity index (χ2n) is 4.35. The van der Waals surface area contributed by atoms with Gasteiger partial charge in [0.1, 0.15) is 6.54 Å². The molecule has 1 aromatic carbocycles. The van der Waals surface area contributed by atoms with Gasteiger partial charge in [-0.05, 0) is 25.3 Å². The molecule has 2 rings (SSSR count). The van der Waals surface area contributed by atoms with Gasteiger partial charge < -0.3 is 0 Å². The van der Waals surface area contributed by atoms with Crippen LogP contribution in [0.1, 0.15) is 31.0 Å². The third-order valence-electron chi connectivity index (χ3n) is 3.05. The van der Waals surface area contributed by atoms with Crippen molar-refractivity contribution in [3.05, 3.63) is 72.4 Å². The fraction of sp³-hybridized carbons (Fsp3) is 0.294. The molecule has 1 heterocycles. The Morgan fingerprint density at radius 2 is 1.30 bits per heavy atom. The van der Waals surface area contributed by atoms with Crippen LogP contribution in [0, 0.1) is 6.92 Å². The molecule has 1 nitrogen and oxygen atoms in total. The van der Waals surface area contributed by atoms with Gasteiger partial charge in [0.05, 0.1) is 0 Å². The third-order valence-corrected chi connectivity index (χ3v) is 3.05. The van der Waals surface area contributed by atoms with Crippen LogP contribution >= 0.6 is 0 Å². The summed E-state index contributed by atoms with van der Waals surface area (Å²) in [5.74, 6) is 0. The topological polar surface area (TPSA) is 3.88 Å². The first kappa shape index (κ1) is 22.7. The summed E-state index contributed by atoms with van der Waals surface area (Å²) in [7, 11) is 0. The van der Waals surface area contributed by atoms with E-state index in [0.29, 0.717) is 0 Å². The number of aromatic nitrogens is 1. The molecule has 3 heteroatoms. The van der Waals surface area contributed by atoms with E-state index in [0.717, 1.165) is 24.9 Å². The smallest absolute Gasteiger partial charge is 0.169 e. The van der Waals surface area contributed by atoms with Gasteiger partial charge in [-0.3, -0.25) is 0 Å². The van der Waals surface area contributed by atoms with E-state index >= 15 is 0 Å². The SMILES string of the molecule is C.[CH2-]c1ccc(CCc2cc[n+](CC)cc2)cc1.[Y].[Y]. The van der Waals surface area contributed by atoms with Crippen molar-refractivity contribution in [2.45, 2.75) is 33.7 Å². The van der Waals surface area contributed by atoms with Gasteiger partial charge in [0.25, 0.3) is 0 Å². The molecule has 0 spiro atoms. The fourth-order valence-electron chi connectivity index (χ4n) is 1.86. The molecule has 0 bridgehead atoms. The second kappa shape index (κ2) is 12.0. The Labute approximate surface area is 174 Å². The van der Waals surface area contributed by atoms with Gasteiger partial charge in [0.15, 0.2) is 12.4 Å². The molecule has 102 valence electrons. The molecule has 0 N–H and O–H groups in total. The summed E-state index contributed by atoms with van der Waals surface area (Å²) in [4.78, 5) is 0. The molecule has 0 saturated heterocycles. The Balaban J connectivity index is 0. The first-order valence-electron chi connectivity index (χ1n) is 6.17. The van der Waals surface area contributed by atoms with E-state index in [-0.39, 0.29) is 72.8 Å². The summed E-state index contributed by atoms with van der Waals surface area (Å²) in [6.07, 6.45) is 6.49. The largest absolute Gasteiger partial charge is 0.205 e. The fourth-order valence-corrected chi connectivity index (χ4v) is 1.86. The van der Waals surface area contributed by atoms with Crippen molar-refractivity contribution < 1.29 is 70.0 Å². The molecule has 0 amide bonds. The minimum absolute atomic E-state index is 0. The molecule has 0 unspecified atom stereocenters. The van der Waals surface area contributed by atoms with E-state index in [2.05, 4.69) is 67.2 Å². The predicted molar refractivity (Wildman–Crippen MR) is 77.4 cm³/mol. The number of hydrogen-bond donors (Lipinski definition) is 0. The third kappa shape index (κ3) is 7.45. The van der Waals surface area contributed by atoms with Crippen LogP contribution in [-0.2, 0) is 84.8 Å². The average molecular weight is 419 g/mol. The Hall–Kier alpha value is 0.448. The van der Waals surface area contributed by atoms with E-state index in [9.17, 15) is 0 Å². The summed E-state index contributed by atoms with van der Waals surface area (Å²) in [6.45, 7) is 7.08. The summed E-state index contributed by atoms with van der Waals surface area (Å²) >= 11 is 0. The van der Waals surface area contributed by atoms with Crippen LogP contribution in [0.4, 0.5) is 0 Å². The summed E-state index contributed by atoms with van der Waals surface area (Å²) < 4.78 is 2.18. The molecule has 1 aromatic heterocycles. The Morgan fingerprint density at radius 1 is 0.850 bits per heavy atom. The number of hydrogen-bond acceptors (Lipinski definition) is 0. The van der Waals surface area contributed by atoms with Crippen molar-refractivity contribution in [1.29, 1.82) is 0 Å². The van der Waals surface area contributed by atoms with Gasteiger partial charge in [0, 0.05) is 77.6 Å². The van der Waals surface area contributed by atoms with Gasteiger partial charge in [-0.25, -0.2) is 4.57 Å².